The van der Waals surface area contributed by atoms with E-state index < -0.39 is 16.9 Å². The first-order valence-corrected chi connectivity index (χ1v) is 13.2. The molecule has 10 nitrogen and oxygen atoms in total. The summed E-state index contributed by atoms with van der Waals surface area (Å²) in [6, 6.07) is 31.2. The van der Waals surface area contributed by atoms with Crippen LogP contribution in [0.1, 0.15) is 31.8 Å². The zero-order chi connectivity index (χ0) is 30.9. The third-order valence-corrected chi connectivity index (χ3v) is 6.37. The average Bonchev–Trinajstić information content (AvgIpc) is 3.04. The lowest BCUT2D eigenvalue weighted by Crippen LogP contribution is -2.18. The quantitative estimate of drug-likeness (QED) is 0.0531. The van der Waals surface area contributed by atoms with Crippen LogP contribution in [0.5, 0.6) is 11.5 Å². The molecule has 1 N–H and O–H groups in total. The minimum absolute atomic E-state index is 0.125. The zero-order valence-corrected chi connectivity index (χ0v) is 23.0. The van der Waals surface area contributed by atoms with Crippen LogP contribution in [0.25, 0.3) is 16.8 Å². The molecule has 5 aromatic carbocycles. The van der Waals surface area contributed by atoms with Crippen molar-refractivity contribution < 1.29 is 28.8 Å². The van der Waals surface area contributed by atoms with Crippen LogP contribution in [0.15, 0.2) is 126 Å². The maximum Gasteiger partial charge on any atom is 0.343 e. The fourth-order valence-electron chi connectivity index (χ4n) is 4.21. The van der Waals surface area contributed by atoms with Crippen LogP contribution >= 0.6 is 0 Å². The van der Waals surface area contributed by atoms with Gasteiger partial charge in [-0.2, -0.15) is 5.10 Å². The van der Waals surface area contributed by atoms with Crippen molar-refractivity contribution >= 4 is 46.6 Å². The van der Waals surface area contributed by atoms with Crippen molar-refractivity contribution in [2.75, 3.05) is 0 Å². The molecular formula is C34H23N3O7. The number of benzene rings is 5. The van der Waals surface area contributed by atoms with E-state index in [0.717, 1.165) is 10.8 Å². The number of fused-ring (bicyclic) bond motifs is 1. The molecule has 216 valence electrons. The van der Waals surface area contributed by atoms with E-state index in [1.807, 2.05) is 30.3 Å². The average molecular weight is 586 g/mol. The highest BCUT2D eigenvalue weighted by Gasteiger charge is 2.14. The van der Waals surface area contributed by atoms with Crippen molar-refractivity contribution in [1.82, 2.24) is 5.43 Å². The highest BCUT2D eigenvalue weighted by atomic mass is 16.6. The van der Waals surface area contributed by atoms with E-state index in [0.29, 0.717) is 16.7 Å². The van der Waals surface area contributed by atoms with Crippen LogP contribution in [0, 0.1) is 10.1 Å². The number of hydrogen-bond donors (Lipinski definition) is 1. The maximum atomic E-state index is 12.8. The molecule has 5 aromatic rings. The van der Waals surface area contributed by atoms with Gasteiger partial charge in [-0.3, -0.25) is 14.9 Å². The third kappa shape index (κ3) is 7.07. The minimum Gasteiger partial charge on any atom is -0.423 e. The van der Waals surface area contributed by atoms with E-state index in [1.54, 1.807) is 60.7 Å². The van der Waals surface area contributed by atoms with Crippen LogP contribution < -0.4 is 14.9 Å². The standard InChI is InChI=1S/C34H23N3O7/c38-32(21-18-24-9-2-5-14-30(24)44-34(40)25-16-19-27(20-17-25)37(41)42)43-31-15-6-3-10-26(31)22-35-36-33(39)29-13-7-11-23-8-1-4-12-28(23)29/h1-22H,(H,36,39)/b21-18+,35-22+. The Morgan fingerprint density at radius 1 is 0.727 bits per heavy atom. The second-order valence-corrected chi connectivity index (χ2v) is 9.25. The first kappa shape index (κ1) is 29.1. The lowest BCUT2D eigenvalue weighted by atomic mass is 10.0. The minimum atomic E-state index is -0.718. The van der Waals surface area contributed by atoms with Gasteiger partial charge in [-0.25, -0.2) is 15.0 Å². The van der Waals surface area contributed by atoms with Crippen molar-refractivity contribution in [3.8, 4) is 11.5 Å². The van der Waals surface area contributed by atoms with Crippen molar-refractivity contribution in [3.63, 3.8) is 0 Å². The molecule has 0 fully saturated rings. The Morgan fingerprint density at radius 2 is 1.36 bits per heavy atom. The zero-order valence-electron chi connectivity index (χ0n) is 23.0. The number of nitrogens with zero attached hydrogens (tertiary/aromatic N) is 2. The number of non-ortho nitro benzene ring substituents is 1. The second-order valence-electron chi connectivity index (χ2n) is 9.25. The summed E-state index contributed by atoms with van der Waals surface area (Å²) in [4.78, 5) is 48.3. The first-order valence-electron chi connectivity index (χ1n) is 13.2. The van der Waals surface area contributed by atoms with Crippen molar-refractivity contribution in [1.29, 1.82) is 0 Å². The second kappa shape index (κ2) is 13.5. The van der Waals surface area contributed by atoms with Gasteiger partial charge in [0, 0.05) is 34.9 Å². The van der Waals surface area contributed by atoms with Gasteiger partial charge in [0.05, 0.1) is 16.7 Å². The molecule has 10 heteroatoms. The summed E-state index contributed by atoms with van der Waals surface area (Å²) >= 11 is 0. The van der Waals surface area contributed by atoms with Gasteiger partial charge in [-0.15, -0.1) is 0 Å². The number of para-hydroxylation sites is 2. The first-order chi connectivity index (χ1) is 21.4. The van der Waals surface area contributed by atoms with Gasteiger partial charge in [-0.05, 0) is 53.2 Å². The van der Waals surface area contributed by atoms with Crippen LogP contribution in [0.3, 0.4) is 0 Å². The maximum absolute atomic E-state index is 12.8. The van der Waals surface area contributed by atoms with Crippen molar-refractivity contribution in [3.05, 3.63) is 154 Å². The molecule has 0 radical (unpaired) electrons. The van der Waals surface area contributed by atoms with Crippen molar-refractivity contribution in [2.24, 2.45) is 5.10 Å². The Bertz CT molecular complexity index is 1930. The number of nitro benzene ring substituents is 1. The number of carbonyl (C=O) groups excluding carboxylic acids is 3. The highest BCUT2D eigenvalue weighted by molar-refractivity contribution is 6.07. The number of esters is 2. The summed E-state index contributed by atoms with van der Waals surface area (Å²) in [5.74, 6) is -1.42. The van der Waals surface area contributed by atoms with Gasteiger partial charge < -0.3 is 9.47 Å². The predicted molar refractivity (Wildman–Crippen MR) is 165 cm³/mol. The van der Waals surface area contributed by atoms with Gasteiger partial charge in [0.1, 0.15) is 11.5 Å². The molecule has 0 aliphatic rings. The number of nitrogens with one attached hydrogen (secondary N) is 1. The van der Waals surface area contributed by atoms with E-state index in [-0.39, 0.29) is 28.7 Å². The number of carbonyl (C=O) groups is 3. The van der Waals surface area contributed by atoms with Gasteiger partial charge in [0.2, 0.25) is 0 Å². The molecule has 1 amide bonds. The monoisotopic (exact) mass is 585 g/mol. The molecule has 5 rings (SSSR count). The molecule has 0 atom stereocenters. The van der Waals surface area contributed by atoms with Crippen LogP contribution in [0.4, 0.5) is 5.69 Å². The van der Waals surface area contributed by atoms with Crippen molar-refractivity contribution in [2.45, 2.75) is 0 Å². The number of nitro groups is 1. The molecule has 0 saturated carbocycles. The Labute approximate surface area is 251 Å². The molecule has 0 saturated heterocycles. The molecule has 0 aliphatic heterocycles. The topological polar surface area (TPSA) is 137 Å². The highest BCUT2D eigenvalue weighted by Crippen LogP contribution is 2.23. The molecule has 44 heavy (non-hydrogen) atoms. The van der Waals surface area contributed by atoms with Crippen LogP contribution in [-0.2, 0) is 4.79 Å². The molecule has 0 aromatic heterocycles. The molecular weight excluding hydrogens is 562 g/mol. The fraction of sp³-hybridized carbons (Fsp3) is 0. The van der Waals surface area contributed by atoms with E-state index in [4.69, 9.17) is 9.47 Å². The number of rotatable bonds is 9. The molecule has 0 unspecified atom stereocenters. The summed E-state index contributed by atoms with van der Waals surface area (Å²) in [6.45, 7) is 0. The van der Waals surface area contributed by atoms with E-state index in [2.05, 4.69) is 10.5 Å². The Morgan fingerprint density at radius 3 is 2.11 bits per heavy atom. The van der Waals surface area contributed by atoms with E-state index in [1.165, 1.54) is 42.6 Å². The molecule has 0 bridgehead atoms. The molecule has 0 aliphatic carbocycles. The Kier molecular flexibility index (Phi) is 8.92. The Hall–Kier alpha value is -6.42. The number of hydrazone groups is 1. The number of ether oxygens (including phenoxy) is 2. The van der Waals surface area contributed by atoms with Gasteiger partial charge >= 0.3 is 11.9 Å². The molecule has 0 heterocycles. The largest absolute Gasteiger partial charge is 0.423 e. The number of amides is 1. The molecule has 0 spiro atoms. The smallest absolute Gasteiger partial charge is 0.343 e. The van der Waals surface area contributed by atoms with Crippen LogP contribution in [-0.4, -0.2) is 29.0 Å². The number of hydrogen-bond acceptors (Lipinski definition) is 8. The Balaban J connectivity index is 1.23. The summed E-state index contributed by atoms with van der Waals surface area (Å²) in [5, 5.41) is 16.6. The predicted octanol–water partition coefficient (Wildman–Crippen LogP) is 6.35. The fourth-order valence-corrected chi connectivity index (χ4v) is 4.21. The van der Waals surface area contributed by atoms with E-state index in [9.17, 15) is 24.5 Å². The SMILES string of the molecule is O=C(/C=C/c1ccccc1OC(=O)c1ccc([N+](=O)[O-])cc1)Oc1ccccc1/C=N/NC(=O)c1cccc2ccccc12. The summed E-state index contributed by atoms with van der Waals surface area (Å²) in [6.07, 6.45) is 3.99. The normalized spacial score (nSPS) is 11.0. The summed E-state index contributed by atoms with van der Waals surface area (Å²) < 4.78 is 11.0. The van der Waals surface area contributed by atoms with E-state index >= 15 is 0 Å². The van der Waals surface area contributed by atoms with Crippen LogP contribution in [0.2, 0.25) is 0 Å². The van der Waals surface area contributed by atoms with Gasteiger partial charge in [0.15, 0.2) is 0 Å². The summed E-state index contributed by atoms with van der Waals surface area (Å²) in [5.41, 5.74) is 3.83. The third-order valence-electron chi connectivity index (χ3n) is 6.37. The summed E-state index contributed by atoms with van der Waals surface area (Å²) in [7, 11) is 0. The lowest BCUT2D eigenvalue weighted by molar-refractivity contribution is -0.384. The lowest BCUT2D eigenvalue weighted by Gasteiger charge is -2.08. The van der Waals surface area contributed by atoms with Gasteiger partial charge in [0.25, 0.3) is 11.6 Å². The van der Waals surface area contributed by atoms with Gasteiger partial charge in [-0.1, -0.05) is 66.7 Å².